The van der Waals surface area contributed by atoms with E-state index in [0.29, 0.717) is 12.0 Å². The van der Waals surface area contributed by atoms with Crippen LogP contribution in [0.1, 0.15) is 31.5 Å². The van der Waals surface area contributed by atoms with E-state index in [2.05, 4.69) is 46.9 Å². The standard InChI is InChI=1S/C17H24N4O/c1-12-5-4-7-21-15(10-19-17(12)21)9-18-16-6-8-20(14(3)22)11-13(16)2/h4-5,7,10,13,16,18H,6,8-9,11H2,1-3H3. The van der Waals surface area contributed by atoms with Crippen molar-refractivity contribution in [2.75, 3.05) is 13.1 Å². The smallest absolute Gasteiger partial charge is 0.219 e. The Morgan fingerprint density at radius 3 is 3.05 bits per heavy atom. The molecule has 1 aliphatic rings. The van der Waals surface area contributed by atoms with Gasteiger partial charge in [0.2, 0.25) is 5.91 Å². The fourth-order valence-electron chi connectivity index (χ4n) is 3.30. The molecular weight excluding hydrogens is 276 g/mol. The van der Waals surface area contributed by atoms with E-state index in [1.165, 1.54) is 11.3 Å². The summed E-state index contributed by atoms with van der Waals surface area (Å²) in [4.78, 5) is 17.9. The predicted molar refractivity (Wildman–Crippen MR) is 86.6 cm³/mol. The van der Waals surface area contributed by atoms with Crippen LogP contribution in [-0.2, 0) is 11.3 Å². The fourth-order valence-corrected chi connectivity index (χ4v) is 3.30. The third-order valence-corrected chi connectivity index (χ3v) is 4.70. The molecule has 0 bridgehead atoms. The Morgan fingerprint density at radius 1 is 1.50 bits per heavy atom. The van der Waals surface area contributed by atoms with E-state index >= 15 is 0 Å². The molecule has 0 saturated carbocycles. The summed E-state index contributed by atoms with van der Waals surface area (Å²) >= 11 is 0. The highest BCUT2D eigenvalue weighted by Gasteiger charge is 2.26. The van der Waals surface area contributed by atoms with Gasteiger partial charge in [0.15, 0.2) is 0 Å². The van der Waals surface area contributed by atoms with Crippen molar-refractivity contribution >= 4 is 11.6 Å². The number of carbonyl (C=O) groups excluding carboxylic acids is 1. The Morgan fingerprint density at radius 2 is 2.32 bits per heavy atom. The van der Waals surface area contributed by atoms with Gasteiger partial charge in [0.05, 0.1) is 11.9 Å². The number of fused-ring (bicyclic) bond motifs is 1. The molecule has 118 valence electrons. The molecule has 1 amide bonds. The molecule has 5 heteroatoms. The zero-order valence-electron chi connectivity index (χ0n) is 13.5. The molecule has 0 aliphatic carbocycles. The molecule has 0 aromatic carbocycles. The first kappa shape index (κ1) is 15.0. The van der Waals surface area contributed by atoms with Gasteiger partial charge in [-0.3, -0.25) is 4.79 Å². The van der Waals surface area contributed by atoms with E-state index in [4.69, 9.17) is 0 Å². The molecule has 2 aromatic heterocycles. The van der Waals surface area contributed by atoms with Gasteiger partial charge in [-0.15, -0.1) is 0 Å². The Hall–Kier alpha value is -1.88. The van der Waals surface area contributed by atoms with E-state index in [9.17, 15) is 4.79 Å². The highest BCUT2D eigenvalue weighted by atomic mass is 16.2. The second-order valence-corrected chi connectivity index (χ2v) is 6.35. The first-order chi connectivity index (χ1) is 10.6. The largest absolute Gasteiger partial charge is 0.343 e. The van der Waals surface area contributed by atoms with Crippen molar-refractivity contribution < 1.29 is 4.79 Å². The first-order valence-electron chi connectivity index (χ1n) is 7.96. The summed E-state index contributed by atoms with van der Waals surface area (Å²) in [5.74, 6) is 0.654. The number of carbonyl (C=O) groups is 1. The van der Waals surface area contributed by atoms with Crippen LogP contribution in [0.4, 0.5) is 0 Å². The number of hydrogen-bond donors (Lipinski definition) is 1. The molecule has 0 spiro atoms. The molecule has 1 aliphatic heterocycles. The molecule has 2 unspecified atom stereocenters. The van der Waals surface area contributed by atoms with E-state index < -0.39 is 0 Å². The van der Waals surface area contributed by atoms with Crippen molar-refractivity contribution in [1.82, 2.24) is 19.6 Å². The van der Waals surface area contributed by atoms with Gasteiger partial charge in [0.1, 0.15) is 5.65 Å². The maximum Gasteiger partial charge on any atom is 0.219 e. The molecule has 3 heterocycles. The number of hydrogen-bond acceptors (Lipinski definition) is 3. The molecule has 2 atom stereocenters. The molecule has 1 fully saturated rings. The number of nitrogens with zero attached hydrogens (tertiary/aromatic N) is 3. The number of pyridine rings is 1. The lowest BCUT2D eigenvalue weighted by Crippen LogP contribution is -2.49. The molecule has 0 radical (unpaired) electrons. The van der Waals surface area contributed by atoms with Crippen molar-refractivity contribution in [1.29, 1.82) is 0 Å². The number of aryl methyl sites for hydroxylation is 1. The van der Waals surface area contributed by atoms with Crippen LogP contribution in [0.2, 0.25) is 0 Å². The van der Waals surface area contributed by atoms with Crippen molar-refractivity contribution in [3.05, 3.63) is 35.8 Å². The molecule has 3 rings (SSSR count). The van der Waals surface area contributed by atoms with Gasteiger partial charge >= 0.3 is 0 Å². The average Bonchev–Trinajstić information content (AvgIpc) is 2.90. The molecule has 5 nitrogen and oxygen atoms in total. The summed E-state index contributed by atoms with van der Waals surface area (Å²) in [5, 5.41) is 3.65. The van der Waals surface area contributed by atoms with Gasteiger partial charge in [-0.1, -0.05) is 13.0 Å². The van der Waals surface area contributed by atoms with E-state index in [0.717, 1.165) is 31.7 Å². The number of amides is 1. The third kappa shape index (κ3) is 2.86. The zero-order valence-corrected chi connectivity index (χ0v) is 13.5. The van der Waals surface area contributed by atoms with E-state index in [1.807, 2.05) is 11.1 Å². The van der Waals surface area contributed by atoms with Gasteiger partial charge < -0.3 is 14.6 Å². The lowest BCUT2D eigenvalue weighted by atomic mass is 9.94. The van der Waals surface area contributed by atoms with Gasteiger partial charge in [0, 0.05) is 38.8 Å². The topological polar surface area (TPSA) is 49.6 Å². The summed E-state index contributed by atoms with van der Waals surface area (Å²) in [7, 11) is 0. The molecule has 1 N–H and O–H groups in total. The summed E-state index contributed by atoms with van der Waals surface area (Å²) in [5.41, 5.74) is 3.40. The van der Waals surface area contributed by atoms with E-state index in [1.54, 1.807) is 6.92 Å². The minimum atomic E-state index is 0.183. The number of nitrogens with one attached hydrogen (secondary N) is 1. The average molecular weight is 300 g/mol. The van der Waals surface area contributed by atoms with Crippen LogP contribution in [-0.4, -0.2) is 39.3 Å². The molecular formula is C17H24N4O. The predicted octanol–water partition coefficient (Wildman–Crippen LogP) is 1.99. The fraction of sp³-hybridized carbons (Fsp3) is 0.529. The summed E-state index contributed by atoms with van der Waals surface area (Å²) in [6.45, 7) is 8.45. The van der Waals surface area contributed by atoms with Crippen molar-refractivity contribution in [3.63, 3.8) is 0 Å². The summed E-state index contributed by atoms with van der Waals surface area (Å²) < 4.78 is 2.15. The maximum atomic E-state index is 11.5. The minimum absolute atomic E-state index is 0.183. The molecule has 22 heavy (non-hydrogen) atoms. The highest BCUT2D eigenvalue weighted by Crippen LogP contribution is 2.18. The first-order valence-corrected chi connectivity index (χ1v) is 7.96. The lowest BCUT2D eigenvalue weighted by molar-refractivity contribution is -0.130. The SMILES string of the molecule is CC(=O)N1CCC(NCc2cnc3c(C)cccn23)C(C)C1. The molecule has 2 aromatic rings. The van der Waals surface area contributed by atoms with Crippen LogP contribution >= 0.6 is 0 Å². The van der Waals surface area contributed by atoms with Crippen LogP contribution < -0.4 is 5.32 Å². The number of rotatable bonds is 3. The quantitative estimate of drug-likeness (QED) is 0.943. The van der Waals surface area contributed by atoms with Crippen LogP contribution in [0.15, 0.2) is 24.5 Å². The summed E-state index contributed by atoms with van der Waals surface area (Å²) in [6.07, 6.45) is 5.02. The maximum absolute atomic E-state index is 11.5. The Kier molecular flexibility index (Phi) is 4.16. The Labute approximate surface area is 131 Å². The van der Waals surface area contributed by atoms with Crippen LogP contribution in [0.25, 0.3) is 5.65 Å². The normalized spacial score (nSPS) is 22.2. The second kappa shape index (κ2) is 6.08. The second-order valence-electron chi connectivity index (χ2n) is 6.35. The summed E-state index contributed by atoms with van der Waals surface area (Å²) in [6, 6.07) is 4.59. The van der Waals surface area contributed by atoms with Crippen molar-refractivity contribution in [2.45, 2.75) is 39.8 Å². The van der Waals surface area contributed by atoms with E-state index in [-0.39, 0.29) is 5.91 Å². The highest BCUT2D eigenvalue weighted by molar-refractivity contribution is 5.73. The Bertz CT molecular complexity index is 678. The van der Waals surface area contributed by atoms with Gasteiger partial charge in [0.25, 0.3) is 0 Å². The van der Waals surface area contributed by atoms with Gasteiger partial charge in [-0.25, -0.2) is 4.98 Å². The number of likely N-dealkylation sites (tertiary alicyclic amines) is 1. The van der Waals surface area contributed by atoms with Crippen LogP contribution in [0, 0.1) is 12.8 Å². The van der Waals surface area contributed by atoms with Crippen LogP contribution in [0.5, 0.6) is 0 Å². The van der Waals surface area contributed by atoms with Crippen molar-refractivity contribution in [2.24, 2.45) is 5.92 Å². The molecule has 1 saturated heterocycles. The van der Waals surface area contributed by atoms with Gasteiger partial charge in [-0.05, 0) is 30.9 Å². The number of imidazole rings is 1. The number of aromatic nitrogens is 2. The number of piperidine rings is 1. The Balaban J connectivity index is 1.65. The monoisotopic (exact) mass is 300 g/mol. The van der Waals surface area contributed by atoms with Crippen molar-refractivity contribution in [3.8, 4) is 0 Å². The zero-order chi connectivity index (χ0) is 15.7. The minimum Gasteiger partial charge on any atom is -0.343 e. The van der Waals surface area contributed by atoms with Gasteiger partial charge in [-0.2, -0.15) is 0 Å². The lowest BCUT2D eigenvalue weighted by Gasteiger charge is -2.37. The van der Waals surface area contributed by atoms with Crippen LogP contribution in [0.3, 0.4) is 0 Å². The third-order valence-electron chi connectivity index (χ3n) is 4.70.